The quantitative estimate of drug-likeness (QED) is 0.847. The molecular formula is C15H15NO3S. The van der Waals surface area contributed by atoms with Crippen LogP contribution in [0, 0.1) is 0 Å². The minimum absolute atomic E-state index is 0.108. The molecule has 104 valence electrons. The van der Waals surface area contributed by atoms with E-state index in [2.05, 4.69) is 5.32 Å². The lowest BCUT2D eigenvalue weighted by Gasteiger charge is -2.11. The van der Waals surface area contributed by atoms with Gasteiger partial charge in [0.05, 0.1) is 7.11 Å². The highest BCUT2D eigenvalue weighted by Gasteiger charge is 2.17. The van der Waals surface area contributed by atoms with Crippen molar-refractivity contribution in [2.75, 3.05) is 18.7 Å². The van der Waals surface area contributed by atoms with Crippen molar-refractivity contribution in [3.05, 3.63) is 48.0 Å². The van der Waals surface area contributed by atoms with Gasteiger partial charge in [0.25, 0.3) is 5.91 Å². The maximum Gasteiger partial charge on any atom is 0.263 e. The second-order valence-electron chi connectivity index (χ2n) is 4.04. The van der Waals surface area contributed by atoms with Gasteiger partial charge in [0.15, 0.2) is 0 Å². The minimum Gasteiger partial charge on any atom is -0.507 e. The first-order valence-electron chi connectivity index (χ1n) is 5.97. The van der Waals surface area contributed by atoms with E-state index in [9.17, 15) is 9.90 Å². The molecule has 0 saturated heterocycles. The summed E-state index contributed by atoms with van der Waals surface area (Å²) in [4.78, 5) is 13.3. The fourth-order valence-electron chi connectivity index (χ4n) is 1.81. The summed E-state index contributed by atoms with van der Waals surface area (Å²) in [6.45, 7) is 0. The summed E-state index contributed by atoms with van der Waals surface area (Å²) in [6.07, 6.45) is 1.97. The fourth-order valence-corrected chi connectivity index (χ4v) is 2.27. The molecule has 2 rings (SSSR count). The number of methoxy groups -OCH3 is 1. The SMILES string of the molecule is COc1cccc(O)c1C(=O)Nc1cccc(SC)c1. The molecule has 2 aromatic carbocycles. The topological polar surface area (TPSA) is 58.6 Å². The molecule has 0 radical (unpaired) electrons. The molecular weight excluding hydrogens is 274 g/mol. The molecule has 0 saturated carbocycles. The van der Waals surface area contributed by atoms with Crippen molar-refractivity contribution in [2.24, 2.45) is 0 Å². The van der Waals surface area contributed by atoms with Crippen LogP contribution in [0.1, 0.15) is 10.4 Å². The molecule has 0 aliphatic heterocycles. The van der Waals surface area contributed by atoms with Crippen molar-refractivity contribution >= 4 is 23.4 Å². The number of anilines is 1. The van der Waals surface area contributed by atoms with Crippen molar-refractivity contribution < 1.29 is 14.6 Å². The van der Waals surface area contributed by atoms with E-state index < -0.39 is 5.91 Å². The Morgan fingerprint density at radius 2 is 2.00 bits per heavy atom. The molecule has 0 aliphatic carbocycles. The van der Waals surface area contributed by atoms with Gasteiger partial charge in [0.1, 0.15) is 17.1 Å². The van der Waals surface area contributed by atoms with E-state index in [1.807, 2.05) is 24.5 Å². The summed E-state index contributed by atoms with van der Waals surface area (Å²) < 4.78 is 5.10. The van der Waals surface area contributed by atoms with Gasteiger partial charge in [-0.3, -0.25) is 4.79 Å². The van der Waals surface area contributed by atoms with Gasteiger partial charge in [-0.15, -0.1) is 11.8 Å². The predicted molar refractivity (Wildman–Crippen MR) is 80.8 cm³/mol. The first-order chi connectivity index (χ1) is 9.65. The molecule has 2 N–H and O–H groups in total. The molecule has 0 heterocycles. The van der Waals surface area contributed by atoms with Gasteiger partial charge in [-0.05, 0) is 36.6 Å². The Balaban J connectivity index is 2.28. The van der Waals surface area contributed by atoms with E-state index in [1.165, 1.54) is 13.2 Å². The van der Waals surface area contributed by atoms with E-state index in [0.717, 1.165) is 4.90 Å². The van der Waals surface area contributed by atoms with Crippen molar-refractivity contribution in [1.82, 2.24) is 0 Å². The number of hydrogen-bond donors (Lipinski definition) is 2. The average Bonchev–Trinajstić information content (AvgIpc) is 2.46. The summed E-state index contributed by atoms with van der Waals surface area (Å²) in [5, 5.41) is 12.6. The molecule has 0 spiro atoms. The zero-order chi connectivity index (χ0) is 14.5. The second kappa shape index (κ2) is 6.34. The number of carbonyl (C=O) groups excluding carboxylic acids is 1. The van der Waals surface area contributed by atoms with Crippen LogP contribution in [0.2, 0.25) is 0 Å². The normalized spacial score (nSPS) is 10.1. The lowest BCUT2D eigenvalue weighted by Crippen LogP contribution is -2.13. The molecule has 1 amide bonds. The van der Waals surface area contributed by atoms with Crippen molar-refractivity contribution in [3.8, 4) is 11.5 Å². The fraction of sp³-hybridized carbons (Fsp3) is 0.133. The van der Waals surface area contributed by atoms with Crippen LogP contribution in [0.5, 0.6) is 11.5 Å². The number of rotatable bonds is 4. The number of nitrogens with one attached hydrogen (secondary N) is 1. The highest BCUT2D eigenvalue weighted by atomic mass is 32.2. The predicted octanol–water partition coefficient (Wildman–Crippen LogP) is 3.38. The Morgan fingerprint density at radius 3 is 2.70 bits per heavy atom. The highest BCUT2D eigenvalue weighted by molar-refractivity contribution is 7.98. The van der Waals surface area contributed by atoms with Gasteiger partial charge >= 0.3 is 0 Å². The number of phenols is 1. The van der Waals surface area contributed by atoms with Crippen molar-refractivity contribution in [1.29, 1.82) is 0 Å². The zero-order valence-electron chi connectivity index (χ0n) is 11.2. The number of aromatic hydroxyl groups is 1. The second-order valence-corrected chi connectivity index (χ2v) is 4.92. The van der Waals surface area contributed by atoms with Crippen molar-refractivity contribution in [3.63, 3.8) is 0 Å². The molecule has 20 heavy (non-hydrogen) atoms. The van der Waals surface area contributed by atoms with E-state index >= 15 is 0 Å². The smallest absolute Gasteiger partial charge is 0.263 e. The van der Waals surface area contributed by atoms with Gasteiger partial charge in [-0.2, -0.15) is 0 Å². The Morgan fingerprint density at radius 1 is 1.25 bits per heavy atom. The average molecular weight is 289 g/mol. The maximum atomic E-state index is 12.3. The molecule has 4 nitrogen and oxygen atoms in total. The number of hydrogen-bond acceptors (Lipinski definition) is 4. The molecule has 0 aromatic heterocycles. The largest absolute Gasteiger partial charge is 0.507 e. The number of phenolic OH excluding ortho intramolecular Hbond substituents is 1. The van der Waals surface area contributed by atoms with Gasteiger partial charge in [-0.1, -0.05) is 12.1 Å². The zero-order valence-corrected chi connectivity index (χ0v) is 12.0. The molecule has 5 heteroatoms. The molecule has 0 unspecified atom stereocenters. The number of ether oxygens (including phenoxy) is 1. The Kier molecular flexibility index (Phi) is 4.53. The monoisotopic (exact) mass is 289 g/mol. The van der Waals surface area contributed by atoms with Crippen LogP contribution in [-0.2, 0) is 0 Å². The first-order valence-corrected chi connectivity index (χ1v) is 7.19. The van der Waals surface area contributed by atoms with Crippen LogP contribution in [0.4, 0.5) is 5.69 Å². The third-order valence-electron chi connectivity index (χ3n) is 2.78. The van der Waals surface area contributed by atoms with Crippen LogP contribution >= 0.6 is 11.8 Å². The first kappa shape index (κ1) is 14.3. The maximum absolute atomic E-state index is 12.3. The van der Waals surface area contributed by atoms with Crippen LogP contribution in [0.25, 0.3) is 0 Å². The number of benzene rings is 2. The molecule has 0 atom stereocenters. The molecule has 2 aromatic rings. The Labute approximate surface area is 121 Å². The third kappa shape index (κ3) is 3.05. The number of amides is 1. The Hall–Kier alpha value is -2.14. The van der Waals surface area contributed by atoms with Gasteiger partial charge < -0.3 is 15.2 Å². The standard InChI is InChI=1S/C15H15NO3S/c1-19-13-8-4-7-12(17)14(13)15(18)16-10-5-3-6-11(9-10)20-2/h3-9,17H,1-2H3,(H,16,18). The van der Waals surface area contributed by atoms with Crippen LogP contribution in [0.3, 0.4) is 0 Å². The van der Waals surface area contributed by atoms with Crippen molar-refractivity contribution in [2.45, 2.75) is 4.90 Å². The summed E-state index contributed by atoms with van der Waals surface area (Å²) in [6, 6.07) is 12.2. The Bertz CT molecular complexity index is 628. The highest BCUT2D eigenvalue weighted by Crippen LogP contribution is 2.28. The van der Waals surface area contributed by atoms with Gasteiger partial charge in [0, 0.05) is 10.6 Å². The lowest BCUT2D eigenvalue weighted by atomic mass is 10.1. The van der Waals surface area contributed by atoms with Gasteiger partial charge in [0.2, 0.25) is 0 Å². The number of thioether (sulfide) groups is 1. The van der Waals surface area contributed by atoms with E-state index in [-0.39, 0.29) is 11.3 Å². The molecule has 0 aliphatic rings. The minimum atomic E-state index is -0.404. The molecule has 0 fully saturated rings. The van der Waals surface area contributed by atoms with E-state index in [4.69, 9.17) is 4.74 Å². The van der Waals surface area contributed by atoms with E-state index in [0.29, 0.717) is 11.4 Å². The third-order valence-corrected chi connectivity index (χ3v) is 3.50. The van der Waals surface area contributed by atoms with E-state index in [1.54, 1.807) is 30.0 Å². The van der Waals surface area contributed by atoms with Crippen LogP contribution in [0.15, 0.2) is 47.4 Å². The summed E-state index contributed by atoms with van der Waals surface area (Å²) in [5.74, 6) is -0.176. The summed E-state index contributed by atoms with van der Waals surface area (Å²) in [5.41, 5.74) is 0.803. The lowest BCUT2D eigenvalue weighted by molar-refractivity contribution is 0.102. The summed E-state index contributed by atoms with van der Waals surface area (Å²) >= 11 is 1.59. The number of carbonyl (C=O) groups is 1. The molecule has 0 bridgehead atoms. The van der Waals surface area contributed by atoms with Gasteiger partial charge in [-0.25, -0.2) is 0 Å². The van der Waals surface area contributed by atoms with Crippen LogP contribution < -0.4 is 10.1 Å². The van der Waals surface area contributed by atoms with Crippen LogP contribution in [-0.4, -0.2) is 24.4 Å². The summed E-state index contributed by atoms with van der Waals surface area (Å²) in [7, 11) is 1.46.